The molecule has 1 amide bonds. The van der Waals surface area contributed by atoms with Gasteiger partial charge in [-0.05, 0) is 18.2 Å². The lowest BCUT2D eigenvalue weighted by atomic mass is 10.2. The van der Waals surface area contributed by atoms with Crippen molar-refractivity contribution in [3.63, 3.8) is 0 Å². The van der Waals surface area contributed by atoms with Gasteiger partial charge in [0.15, 0.2) is 0 Å². The van der Waals surface area contributed by atoms with Crippen molar-refractivity contribution in [1.82, 2.24) is 0 Å². The number of nitrogens with zero attached hydrogens (tertiary/aromatic N) is 1. The van der Waals surface area contributed by atoms with Crippen LogP contribution in [0, 0.1) is 0 Å². The first-order valence-electron chi connectivity index (χ1n) is 4.71. The lowest BCUT2D eigenvalue weighted by Gasteiger charge is -2.16. The molecule has 1 aromatic rings. The minimum Gasteiger partial charge on any atom is -0.491 e. The van der Waals surface area contributed by atoms with E-state index in [1.807, 2.05) is 0 Å². The molecule has 4 nitrogen and oxygen atoms in total. The third-order valence-electron chi connectivity index (χ3n) is 2.43. The number of hydrogen-bond acceptors (Lipinski definition) is 3. The Hall–Kier alpha value is -1.84. The number of ether oxygens (including phenoxy) is 1. The van der Waals surface area contributed by atoms with Crippen molar-refractivity contribution in [3.05, 3.63) is 23.8 Å². The summed E-state index contributed by atoms with van der Waals surface area (Å²) in [6.07, 6.45) is 1.12. The summed E-state index contributed by atoms with van der Waals surface area (Å²) < 4.78 is 5.41. The van der Waals surface area contributed by atoms with Crippen molar-refractivity contribution in [1.29, 1.82) is 0 Å². The van der Waals surface area contributed by atoms with Crippen LogP contribution >= 0.6 is 0 Å². The summed E-state index contributed by atoms with van der Waals surface area (Å²) in [5.41, 5.74) is 1.20. The molecule has 0 fully saturated rings. The summed E-state index contributed by atoms with van der Waals surface area (Å²) in [4.78, 5) is 23.7. The Kier molecular flexibility index (Phi) is 2.41. The van der Waals surface area contributed by atoms with Gasteiger partial charge in [-0.2, -0.15) is 0 Å². The summed E-state index contributed by atoms with van der Waals surface area (Å²) in [6, 6.07) is 5.05. The maximum atomic E-state index is 11.5. The van der Waals surface area contributed by atoms with Gasteiger partial charge in [0.25, 0.3) is 0 Å². The lowest BCUT2D eigenvalue weighted by molar-refractivity contribution is -0.118. The molecule has 0 N–H and O–H groups in total. The first kappa shape index (κ1) is 9.71. The Morgan fingerprint density at radius 2 is 2.27 bits per heavy atom. The SMILES string of the molecule is CN1C(=O)CCOc2ccc(C=O)cc21. The molecule has 2 rings (SSSR count). The van der Waals surface area contributed by atoms with Crippen molar-refractivity contribution in [2.45, 2.75) is 6.42 Å². The maximum absolute atomic E-state index is 11.5. The monoisotopic (exact) mass is 205 g/mol. The molecule has 4 heteroatoms. The highest BCUT2D eigenvalue weighted by molar-refractivity contribution is 5.96. The van der Waals surface area contributed by atoms with Crippen LogP contribution in [-0.2, 0) is 4.79 Å². The fourth-order valence-corrected chi connectivity index (χ4v) is 1.54. The number of carbonyl (C=O) groups excluding carboxylic acids is 2. The second-order valence-corrected chi connectivity index (χ2v) is 3.40. The molecule has 1 heterocycles. The average molecular weight is 205 g/mol. The average Bonchev–Trinajstić information content (AvgIpc) is 2.40. The van der Waals surface area contributed by atoms with E-state index in [1.165, 1.54) is 4.90 Å². The van der Waals surface area contributed by atoms with E-state index >= 15 is 0 Å². The number of hydrogen-bond donors (Lipinski definition) is 0. The van der Waals surface area contributed by atoms with E-state index in [0.29, 0.717) is 30.0 Å². The molecule has 0 bridgehead atoms. The van der Waals surface area contributed by atoms with Gasteiger partial charge in [-0.1, -0.05) is 0 Å². The molecule has 1 aliphatic rings. The molecule has 0 aliphatic carbocycles. The van der Waals surface area contributed by atoms with Crippen molar-refractivity contribution in [2.75, 3.05) is 18.6 Å². The molecule has 0 saturated carbocycles. The number of carbonyl (C=O) groups is 2. The normalized spacial score (nSPS) is 15.3. The van der Waals surface area contributed by atoms with E-state index in [-0.39, 0.29) is 5.91 Å². The summed E-state index contributed by atoms with van der Waals surface area (Å²) in [5.74, 6) is 0.644. The molecule has 15 heavy (non-hydrogen) atoms. The Balaban J connectivity index is 2.50. The van der Waals surface area contributed by atoms with Crippen LogP contribution in [-0.4, -0.2) is 25.8 Å². The van der Waals surface area contributed by atoms with Crippen molar-refractivity contribution >= 4 is 17.9 Å². The molecular formula is C11H11NO3. The van der Waals surface area contributed by atoms with E-state index in [0.717, 1.165) is 6.29 Å². The Bertz CT molecular complexity index is 414. The minimum atomic E-state index is -0.00296. The summed E-state index contributed by atoms with van der Waals surface area (Å²) in [7, 11) is 1.68. The topological polar surface area (TPSA) is 46.6 Å². The Morgan fingerprint density at radius 1 is 1.47 bits per heavy atom. The Morgan fingerprint density at radius 3 is 3.00 bits per heavy atom. The smallest absolute Gasteiger partial charge is 0.230 e. The second kappa shape index (κ2) is 3.73. The van der Waals surface area contributed by atoms with Gasteiger partial charge in [-0.15, -0.1) is 0 Å². The van der Waals surface area contributed by atoms with Crippen LogP contribution < -0.4 is 9.64 Å². The predicted octanol–water partition coefficient (Wildman–Crippen LogP) is 1.24. The van der Waals surface area contributed by atoms with Crippen LogP contribution in [0.4, 0.5) is 5.69 Å². The summed E-state index contributed by atoms with van der Waals surface area (Å²) in [6.45, 7) is 0.386. The van der Waals surface area contributed by atoms with Crippen molar-refractivity contribution in [2.24, 2.45) is 0 Å². The fourth-order valence-electron chi connectivity index (χ4n) is 1.54. The van der Waals surface area contributed by atoms with E-state index in [2.05, 4.69) is 0 Å². The van der Waals surface area contributed by atoms with Gasteiger partial charge in [0.05, 0.1) is 18.7 Å². The van der Waals surface area contributed by atoms with Gasteiger partial charge < -0.3 is 9.64 Å². The van der Waals surface area contributed by atoms with Crippen LogP contribution in [0.3, 0.4) is 0 Å². The van der Waals surface area contributed by atoms with Crippen LogP contribution in [0.1, 0.15) is 16.8 Å². The number of rotatable bonds is 1. The number of aldehydes is 1. The molecule has 0 radical (unpaired) electrons. The maximum Gasteiger partial charge on any atom is 0.230 e. The molecular weight excluding hydrogens is 194 g/mol. The molecule has 1 aliphatic heterocycles. The molecule has 1 aromatic carbocycles. The van der Waals surface area contributed by atoms with Crippen molar-refractivity contribution < 1.29 is 14.3 Å². The van der Waals surface area contributed by atoms with Gasteiger partial charge in [0.1, 0.15) is 12.0 Å². The zero-order chi connectivity index (χ0) is 10.8. The van der Waals surface area contributed by atoms with E-state index in [4.69, 9.17) is 4.74 Å². The van der Waals surface area contributed by atoms with Gasteiger partial charge in [0, 0.05) is 12.6 Å². The highest BCUT2D eigenvalue weighted by Crippen LogP contribution is 2.30. The zero-order valence-electron chi connectivity index (χ0n) is 8.40. The largest absolute Gasteiger partial charge is 0.491 e. The highest BCUT2D eigenvalue weighted by atomic mass is 16.5. The highest BCUT2D eigenvalue weighted by Gasteiger charge is 2.19. The molecule has 0 saturated heterocycles. The standard InChI is InChI=1S/C11H11NO3/c1-12-9-6-8(7-13)2-3-10(9)15-5-4-11(12)14/h2-3,6-7H,4-5H2,1H3. The first-order chi connectivity index (χ1) is 7.22. The molecule has 0 aromatic heterocycles. The van der Waals surface area contributed by atoms with Crippen LogP contribution in [0.25, 0.3) is 0 Å². The molecule has 0 spiro atoms. The molecule has 0 unspecified atom stereocenters. The first-order valence-corrected chi connectivity index (χ1v) is 4.71. The quantitative estimate of drug-likeness (QED) is 0.648. The van der Waals surface area contributed by atoms with E-state index < -0.39 is 0 Å². The van der Waals surface area contributed by atoms with Gasteiger partial charge >= 0.3 is 0 Å². The summed E-state index contributed by atoms with van der Waals surface area (Å²) >= 11 is 0. The number of anilines is 1. The van der Waals surface area contributed by atoms with Gasteiger partial charge in [0.2, 0.25) is 5.91 Å². The zero-order valence-corrected chi connectivity index (χ0v) is 8.40. The van der Waals surface area contributed by atoms with Crippen molar-refractivity contribution in [3.8, 4) is 5.75 Å². The third kappa shape index (κ3) is 1.70. The number of fused-ring (bicyclic) bond motifs is 1. The predicted molar refractivity (Wildman–Crippen MR) is 55.4 cm³/mol. The van der Waals surface area contributed by atoms with Crippen LogP contribution in [0.2, 0.25) is 0 Å². The molecule has 78 valence electrons. The van der Waals surface area contributed by atoms with E-state index in [9.17, 15) is 9.59 Å². The van der Waals surface area contributed by atoms with Gasteiger partial charge in [-0.25, -0.2) is 0 Å². The molecule has 0 atom stereocenters. The summed E-state index contributed by atoms with van der Waals surface area (Å²) in [5, 5.41) is 0. The fraction of sp³-hybridized carbons (Fsp3) is 0.273. The number of amides is 1. The van der Waals surface area contributed by atoms with Crippen LogP contribution in [0.15, 0.2) is 18.2 Å². The van der Waals surface area contributed by atoms with E-state index in [1.54, 1.807) is 25.2 Å². The second-order valence-electron chi connectivity index (χ2n) is 3.40. The third-order valence-corrected chi connectivity index (χ3v) is 2.43. The lowest BCUT2D eigenvalue weighted by Crippen LogP contribution is -2.25. The minimum absolute atomic E-state index is 0.00296. The number of benzene rings is 1. The van der Waals surface area contributed by atoms with Gasteiger partial charge in [-0.3, -0.25) is 9.59 Å². The Labute approximate surface area is 87.4 Å². The van der Waals surface area contributed by atoms with Crippen LogP contribution in [0.5, 0.6) is 5.75 Å².